The van der Waals surface area contributed by atoms with Crippen LogP contribution in [0.25, 0.3) is 0 Å². The molecular weight excluding hydrogens is 181 g/mol. The molecule has 0 fully saturated rings. The van der Waals surface area contributed by atoms with E-state index in [-0.39, 0.29) is 6.61 Å². The fourth-order valence-corrected chi connectivity index (χ4v) is 0.874. The summed E-state index contributed by atoms with van der Waals surface area (Å²) >= 11 is 0. The van der Waals surface area contributed by atoms with Crippen LogP contribution in [0.1, 0.15) is 0 Å². The van der Waals surface area contributed by atoms with Crippen molar-refractivity contribution >= 4 is 13.7 Å². The van der Waals surface area contributed by atoms with E-state index in [4.69, 9.17) is 5.11 Å². The van der Waals surface area contributed by atoms with Gasteiger partial charge in [0.15, 0.2) is 0 Å². The van der Waals surface area contributed by atoms with Crippen molar-refractivity contribution in [2.24, 2.45) is 0 Å². The summed E-state index contributed by atoms with van der Waals surface area (Å²) in [6.45, 7) is 0.858. The van der Waals surface area contributed by atoms with Crippen LogP contribution < -0.4 is 0 Å². The molecule has 1 atom stereocenters. The molecule has 0 aromatic heterocycles. The third-order valence-corrected chi connectivity index (χ3v) is 1.99. The van der Waals surface area contributed by atoms with Crippen molar-refractivity contribution in [3.63, 3.8) is 0 Å². The molecule has 0 saturated heterocycles. The Balaban J connectivity index is 3.58. The molecule has 0 aromatic rings. The van der Waals surface area contributed by atoms with Gasteiger partial charge in [-0.15, -0.1) is 0 Å². The Labute approximate surface area is 72.4 Å². The lowest BCUT2D eigenvalue weighted by Gasteiger charge is -2.23. The molecule has 72 valence electrons. The summed E-state index contributed by atoms with van der Waals surface area (Å²) in [7, 11) is 2.97. The van der Waals surface area contributed by atoms with Crippen LogP contribution in [0.15, 0.2) is 0 Å². The maximum absolute atomic E-state index is 10.6. The SMILES string of the molecule is C[N+](C)(C)CCO[PH](=O)C(=O)O. The lowest BCUT2D eigenvalue weighted by Crippen LogP contribution is -2.37. The highest BCUT2D eigenvalue weighted by Crippen LogP contribution is 2.21. The average molecular weight is 196 g/mol. The second-order valence-corrected chi connectivity index (χ2v) is 4.75. The van der Waals surface area contributed by atoms with Crippen molar-refractivity contribution in [1.82, 2.24) is 0 Å². The van der Waals surface area contributed by atoms with Gasteiger partial charge in [0.2, 0.25) is 0 Å². The largest absolute Gasteiger partial charge is 0.474 e. The smallest absolute Gasteiger partial charge is 0.386 e. The van der Waals surface area contributed by atoms with Crippen molar-refractivity contribution in [3.8, 4) is 0 Å². The van der Waals surface area contributed by atoms with Crippen molar-refractivity contribution in [2.75, 3.05) is 34.3 Å². The first kappa shape index (κ1) is 11.6. The van der Waals surface area contributed by atoms with Crippen LogP contribution in [-0.4, -0.2) is 49.6 Å². The van der Waals surface area contributed by atoms with Crippen LogP contribution >= 0.6 is 8.03 Å². The Morgan fingerprint density at radius 2 is 2.00 bits per heavy atom. The molecule has 0 saturated carbocycles. The fourth-order valence-electron chi connectivity index (χ4n) is 0.474. The molecular formula is C6H15NO4P+. The molecule has 1 N–H and O–H groups in total. The number of nitrogens with zero attached hydrogens (tertiary/aromatic N) is 1. The molecule has 1 unspecified atom stereocenters. The first-order chi connectivity index (χ1) is 5.33. The maximum Gasteiger partial charge on any atom is 0.386 e. The third kappa shape index (κ3) is 6.34. The lowest BCUT2D eigenvalue weighted by atomic mass is 10.5. The predicted octanol–water partition coefficient (Wildman–Crippen LogP) is 0.862. The average Bonchev–Trinajstić information content (AvgIpc) is 1.84. The van der Waals surface area contributed by atoms with E-state index >= 15 is 0 Å². The molecule has 0 radical (unpaired) electrons. The van der Waals surface area contributed by atoms with Crippen molar-refractivity contribution in [2.45, 2.75) is 0 Å². The molecule has 0 aromatic carbocycles. The zero-order valence-corrected chi connectivity index (χ0v) is 8.53. The van der Waals surface area contributed by atoms with Crippen molar-refractivity contribution in [1.29, 1.82) is 0 Å². The summed E-state index contributed by atoms with van der Waals surface area (Å²) in [4.78, 5) is 10.1. The lowest BCUT2D eigenvalue weighted by molar-refractivity contribution is -0.870. The molecule has 12 heavy (non-hydrogen) atoms. The van der Waals surface area contributed by atoms with Crippen LogP contribution in [0, 0.1) is 0 Å². The predicted molar refractivity (Wildman–Crippen MR) is 45.9 cm³/mol. The number of quaternary nitrogens is 1. The first-order valence-corrected chi connectivity index (χ1v) is 4.85. The Morgan fingerprint density at radius 3 is 2.33 bits per heavy atom. The minimum absolute atomic E-state index is 0.216. The summed E-state index contributed by atoms with van der Waals surface area (Å²) in [6, 6.07) is 0. The zero-order chi connectivity index (χ0) is 9.78. The minimum Gasteiger partial charge on any atom is -0.474 e. The quantitative estimate of drug-likeness (QED) is 0.523. The molecule has 5 nitrogen and oxygen atoms in total. The highest BCUT2D eigenvalue weighted by Gasteiger charge is 2.12. The van der Waals surface area contributed by atoms with Crippen molar-refractivity contribution in [3.05, 3.63) is 0 Å². The van der Waals surface area contributed by atoms with Crippen LogP contribution in [0.2, 0.25) is 0 Å². The first-order valence-electron chi connectivity index (χ1n) is 3.53. The van der Waals surface area contributed by atoms with Crippen LogP contribution in [-0.2, 0) is 9.09 Å². The van der Waals surface area contributed by atoms with E-state index in [0.29, 0.717) is 11.0 Å². The van der Waals surface area contributed by atoms with E-state index in [2.05, 4.69) is 4.52 Å². The van der Waals surface area contributed by atoms with E-state index in [1.807, 2.05) is 21.1 Å². The van der Waals surface area contributed by atoms with E-state index < -0.39 is 13.7 Å². The molecule has 0 spiro atoms. The van der Waals surface area contributed by atoms with Crippen LogP contribution in [0.4, 0.5) is 4.79 Å². The Morgan fingerprint density at radius 1 is 1.50 bits per heavy atom. The molecule has 6 heteroatoms. The number of likely N-dealkylation sites (N-methyl/N-ethyl adjacent to an activating group) is 1. The Bertz CT molecular complexity index is 186. The Kier molecular flexibility index (Phi) is 4.45. The monoisotopic (exact) mass is 196 g/mol. The van der Waals surface area contributed by atoms with E-state index in [1.165, 1.54) is 0 Å². The number of carbonyl (C=O) groups is 1. The molecule has 0 aliphatic heterocycles. The number of carboxylic acid groups (broad SMARTS) is 1. The minimum atomic E-state index is -2.87. The zero-order valence-electron chi connectivity index (χ0n) is 7.53. The van der Waals surface area contributed by atoms with Crippen LogP contribution in [0.5, 0.6) is 0 Å². The van der Waals surface area contributed by atoms with Gasteiger partial charge in [-0.2, -0.15) is 0 Å². The number of hydrogen-bond donors (Lipinski definition) is 1. The summed E-state index contributed by atoms with van der Waals surface area (Å²) in [5.74, 6) is 0. The third-order valence-electron chi connectivity index (χ3n) is 1.17. The molecule has 0 rings (SSSR count). The van der Waals surface area contributed by atoms with Gasteiger partial charge >= 0.3 is 5.71 Å². The second-order valence-electron chi connectivity index (χ2n) is 3.46. The van der Waals surface area contributed by atoms with Gasteiger partial charge in [-0.05, 0) is 0 Å². The molecule has 0 heterocycles. The van der Waals surface area contributed by atoms with Crippen molar-refractivity contribution < 1.29 is 23.5 Å². The fraction of sp³-hybridized carbons (Fsp3) is 0.833. The highest BCUT2D eigenvalue weighted by atomic mass is 31.1. The molecule has 0 aliphatic rings. The van der Waals surface area contributed by atoms with Gasteiger partial charge < -0.3 is 14.1 Å². The molecule has 0 bridgehead atoms. The van der Waals surface area contributed by atoms with Gasteiger partial charge in [-0.3, -0.25) is 4.57 Å². The normalized spacial score (nSPS) is 14.2. The van der Waals surface area contributed by atoms with E-state index in [1.54, 1.807) is 0 Å². The molecule has 0 amide bonds. The highest BCUT2D eigenvalue weighted by molar-refractivity contribution is 7.58. The summed E-state index contributed by atoms with van der Waals surface area (Å²) < 4.78 is 15.9. The van der Waals surface area contributed by atoms with Gasteiger partial charge in [0, 0.05) is 0 Å². The van der Waals surface area contributed by atoms with Gasteiger partial charge in [0.25, 0.3) is 8.03 Å². The summed E-state index contributed by atoms with van der Waals surface area (Å²) in [6.07, 6.45) is 0. The standard InChI is InChI=1S/C6H14NO4P/c1-7(2,3)4-5-11-12(10)6(8)9/h12H,4-5H2,1-3H3/p+1. The second kappa shape index (κ2) is 4.60. The van der Waals surface area contributed by atoms with Gasteiger partial charge in [-0.25, -0.2) is 4.79 Å². The van der Waals surface area contributed by atoms with E-state index in [9.17, 15) is 9.36 Å². The molecule has 0 aliphatic carbocycles. The summed E-state index contributed by atoms with van der Waals surface area (Å²) in [5.41, 5.74) is -1.36. The van der Waals surface area contributed by atoms with Crippen LogP contribution in [0.3, 0.4) is 0 Å². The number of rotatable bonds is 5. The topological polar surface area (TPSA) is 63.6 Å². The maximum atomic E-state index is 10.6. The Hall–Kier alpha value is -0.380. The van der Waals surface area contributed by atoms with E-state index in [0.717, 1.165) is 0 Å². The van der Waals surface area contributed by atoms with Gasteiger partial charge in [0.1, 0.15) is 13.2 Å². The summed E-state index contributed by atoms with van der Waals surface area (Å²) in [5, 5.41) is 8.21. The van der Waals surface area contributed by atoms with Gasteiger partial charge in [0.05, 0.1) is 21.1 Å². The number of hydrogen-bond acceptors (Lipinski definition) is 3. The van der Waals surface area contributed by atoms with Gasteiger partial charge in [-0.1, -0.05) is 0 Å².